The number of H-pyrrole nitrogens is 1. The number of hydrogen-bond donors (Lipinski definition) is 1. The molecule has 0 amide bonds. The zero-order valence-corrected chi connectivity index (χ0v) is 17.4. The first kappa shape index (κ1) is 21.9. The van der Waals surface area contributed by atoms with Gasteiger partial charge in [0, 0.05) is 5.56 Å². The number of aromatic amines is 1. The summed E-state index contributed by atoms with van der Waals surface area (Å²) in [6.45, 7) is 1.65. The fourth-order valence-corrected chi connectivity index (χ4v) is 3.78. The molecule has 0 aliphatic heterocycles. The summed E-state index contributed by atoms with van der Waals surface area (Å²) in [5.41, 5.74) is 3.63. The number of hydrogen-bond acceptors (Lipinski definition) is 2. The SMILES string of the molecule is Cc1c(-c2ccc(Cc3ccc(OC(F)(F)F)cc3)cc2)[nH]c2ccc(F)c(Cl)c2c1=O. The molecule has 3 nitrogen and oxygen atoms in total. The Morgan fingerprint density at radius 2 is 1.53 bits per heavy atom. The third-order valence-corrected chi connectivity index (χ3v) is 5.47. The molecule has 164 valence electrons. The second kappa shape index (κ2) is 8.31. The van der Waals surface area contributed by atoms with Gasteiger partial charge in [-0.1, -0.05) is 48.0 Å². The van der Waals surface area contributed by atoms with Gasteiger partial charge >= 0.3 is 6.36 Å². The number of pyridine rings is 1. The summed E-state index contributed by atoms with van der Waals surface area (Å²) in [5, 5.41) is -0.0945. The predicted molar refractivity (Wildman–Crippen MR) is 116 cm³/mol. The van der Waals surface area contributed by atoms with E-state index < -0.39 is 12.2 Å². The molecule has 1 N–H and O–H groups in total. The molecule has 0 fully saturated rings. The number of alkyl halides is 3. The molecule has 0 bridgehead atoms. The van der Waals surface area contributed by atoms with Crippen LogP contribution in [0.25, 0.3) is 22.2 Å². The zero-order chi connectivity index (χ0) is 23.0. The second-order valence-electron chi connectivity index (χ2n) is 7.30. The number of ether oxygens (including phenoxy) is 1. The van der Waals surface area contributed by atoms with E-state index in [4.69, 9.17) is 11.6 Å². The lowest BCUT2D eigenvalue weighted by atomic mass is 10.00. The molecule has 0 aliphatic rings. The van der Waals surface area contributed by atoms with E-state index in [-0.39, 0.29) is 21.6 Å². The van der Waals surface area contributed by atoms with Crippen molar-refractivity contribution in [2.75, 3.05) is 0 Å². The summed E-state index contributed by atoms with van der Waals surface area (Å²) in [5.74, 6) is -0.925. The summed E-state index contributed by atoms with van der Waals surface area (Å²) in [6.07, 6.45) is -4.21. The van der Waals surface area contributed by atoms with Crippen molar-refractivity contribution in [3.63, 3.8) is 0 Å². The van der Waals surface area contributed by atoms with Crippen LogP contribution >= 0.6 is 11.6 Å². The lowest BCUT2D eigenvalue weighted by Gasteiger charge is -2.11. The highest BCUT2D eigenvalue weighted by molar-refractivity contribution is 6.35. The Kier molecular flexibility index (Phi) is 5.69. The normalized spacial score (nSPS) is 11.7. The lowest BCUT2D eigenvalue weighted by molar-refractivity contribution is -0.274. The van der Waals surface area contributed by atoms with Crippen molar-refractivity contribution in [1.82, 2.24) is 4.98 Å². The Hall–Kier alpha value is -3.32. The molecule has 4 aromatic rings. The van der Waals surface area contributed by atoms with E-state index in [1.807, 2.05) is 24.3 Å². The second-order valence-corrected chi connectivity index (χ2v) is 7.68. The van der Waals surface area contributed by atoms with Gasteiger partial charge in [-0.2, -0.15) is 0 Å². The van der Waals surface area contributed by atoms with Crippen LogP contribution in [0, 0.1) is 12.7 Å². The summed E-state index contributed by atoms with van der Waals surface area (Å²) < 4.78 is 54.5. The number of fused-ring (bicyclic) bond motifs is 1. The monoisotopic (exact) mass is 461 g/mol. The molecule has 0 unspecified atom stereocenters. The Labute approximate surface area is 185 Å². The van der Waals surface area contributed by atoms with Crippen molar-refractivity contribution >= 4 is 22.5 Å². The summed E-state index contributed by atoms with van der Waals surface area (Å²) in [7, 11) is 0. The predicted octanol–water partition coefficient (Wildman–Crippen LogP) is 6.79. The van der Waals surface area contributed by atoms with E-state index in [1.54, 1.807) is 19.1 Å². The van der Waals surface area contributed by atoms with Crippen LogP contribution in [0.3, 0.4) is 0 Å². The Balaban J connectivity index is 1.59. The molecule has 0 atom stereocenters. The van der Waals surface area contributed by atoms with Crippen molar-refractivity contribution in [3.8, 4) is 17.0 Å². The molecule has 1 heterocycles. The van der Waals surface area contributed by atoms with E-state index >= 15 is 0 Å². The molecule has 8 heteroatoms. The van der Waals surface area contributed by atoms with Gasteiger partial charge in [0.05, 0.1) is 21.6 Å². The van der Waals surface area contributed by atoms with Crippen molar-refractivity contribution in [2.45, 2.75) is 19.7 Å². The maximum Gasteiger partial charge on any atom is 0.573 e. The maximum atomic E-state index is 13.8. The van der Waals surface area contributed by atoms with Crippen LogP contribution < -0.4 is 10.2 Å². The summed E-state index contributed by atoms with van der Waals surface area (Å²) >= 11 is 5.98. The number of halogens is 5. The number of nitrogens with one attached hydrogen (secondary N) is 1. The Morgan fingerprint density at radius 3 is 2.12 bits per heavy atom. The molecular weight excluding hydrogens is 446 g/mol. The van der Waals surface area contributed by atoms with Gasteiger partial charge in [0.15, 0.2) is 5.43 Å². The summed E-state index contributed by atoms with van der Waals surface area (Å²) in [4.78, 5) is 15.9. The number of rotatable bonds is 4. The fourth-order valence-electron chi connectivity index (χ4n) is 3.53. The molecule has 0 spiro atoms. The highest BCUT2D eigenvalue weighted by atomic mass is 35.5. The van der Waals surface area contributed by atoms with Crippen LogP contribution in [0.1, 0.15) is 16.7 Å². The molecule has 0 aliphatic carbocycles. The average molecular weight is 462 g/mol. The molecule has 32 heavy (non-hydrogen) atoms. The van der Waals surface area contributed by atoms with Crippen LogP contribution in [0.5, 0.6) is 5.75 Å². The van der Waals surface area contributed by atoms with E-state index in [0.717, 1.165) is 16.7 Å². The minimum absolute atomic E-state index is 0.113. The zero-order valence-electron chi connectivity index (χ0n) is 16.7. The Morgan fingerprint density at radius 1 is 0.938 bits per heavy atom. The van der Waals surface area contributed by atoms with Gasteiger partial charge in [-0.3, -0.25) is 4.79 Å². The van der Waals surface area contributed by atoms with Crippen LogP contribution in [0.15, 0.2) is 65.5 Å². The standard InChI is InChI=1S/C24H16ClF4NO2/c1-13-22(30-19-11-10-18(26)21(25)20(19)23(13)31)16-6-2-14(3-7-16)12-15-4-8-17(9-5-15)32-24(27,28)29/h2-11H,12H2,1H3,(H,30,31). The largest absolute Gasteiger partial charge is 0.573 e. The molecule has 0 saturated heterocycles. The number of aromatic nitrogens is 1. The van der Waals surface area contributed by atoms with Gasteiger partial charge < -0.3 is 9.72 Å². The first-order valence-corrected chi connectivity index (χ1v) is 9.95. The highest BCUT2D eigenvalue weighted by Crippen LogP contribution is 2.28. The summed E-state index contributed by atoms with van der Waals surface area (Å²) in [6, 6.07) is 15.8. The molecular formula is C24H16ClF4NO2. The molecule has 0 saturated carbocycles. The van der Waals surface area contributed by atoms with Crippen molar-refractivity contribution in [1.29, 1.82) is 0 Å². The van der Waals surface area contributed by atoms with E-state index in [1.165, 1.54) is 24.3 Å². The van der Waals surface area contributed by atoms with Crippen LogP contribution in [0.2, 0.25) is 5.02 Å². The highest BCUT2D eigenvalue weighted by Gasteiger charge is 2.30. The minimum atomic E-state index is -4.72. The number of benzene rings is 3. The van der Waals surface area contributed by atoms with E-state index in [9.17, 15) is 22.4 Å². The lowest BCUT2D eigenvalue weighted by Crippen LogP contribution is -2.17. The quantitative estimate of drug-likeness (QED) is 0.340. The maximum absolute atomic E-state index is 13.8. The van der Waals surface area contributed by atoms with E-state index in [0.29, 0.717) is 23.2 Å². The van der Waals surface area contributed by atoms with Crippen LogP contribution in [-0.2, 0) is 6.42 Å². The van der Waals surface area contributed by atoms with Crippen molar-refractivity contribution in [2.24, 2.45) is 0 Å². The first-order chi connectivity index (χ1) is 15.1. The smallest absolute Gasteiger partial charge is 0.406 e. The molecule has 1 aromatic heterocycles. The third kappa shape index (κ3) is 4.48. The molecule has 0 radical (unpaired) electrons. The average Bonchev–Trinajstić information content (AvgIpc) is 2.74. The van der Waals surface area contributed by atoms with Gasteiger partial charge in [0.2, 0.25) is 0 Å². The first-order valence-electron chi connectivity index (χ1n) is 9.57. The van der Waals surface area contributed by atoms with Gasteiger partial charge in [-0.25, -0.2) is 4.39 Å². The fraction of sp³-hybridized carbons (Fsp3) is 0.125. The minimum Gasteiger partial charge on any atom is -0.406 e. The van der Waals surface area contributed by atoms with Gasteiger partial charge in [-0.15, -0.1) is 13.2 Å². The van der Waals surface area contributed by atoms with E-state index in [2.05, 4.69) is 9.72 Å². The molecule has 3 aromatic carbocycles. The topological polar surface area (TPSA) is 42.1 Å². The third-order valence-electron chi connectivity index (χ3n) is 5.10. The van der Waals surface area contributed by atoms with Crippen molar-refractivity contribution < 1.29 is 22.3 Å². The Bertz CT molecular complexity index is 1340. The molecule has 4 rings (SSSR count). The van der Waals surface area contributed by atoms with Gasteiger partial charge in [0.25, 0.3) is 0 Å². The van der Waals surface area contributed by atoms with Crippen molar-refractivity contribution in [3.05, 3.63) is 98.4 Å². The van der Waals surface area contributed by atoms with Gasteiger partial charge in [-0.05, 0) is 54.3 Å². The van der Waals surface area contributed by atoms with Gasteiger partial charge in [0.1, 0.15) is 11.6 Å². The van der Waals surface area contributed by atoms with Crippen LogP contribution in [0.4, 0.5) is 17.6 Å². The van der Waals surface area contributed by atoms with Crippen LogP contribution in [-0.4, -0.2) is 11.3 Å².